The molecule has 1 fully saturated rings. The Morgan fingerprint density at radius 2 is 2.12 bits per heavy atom. The SMILES string of the molecule is CCn1ncc(-c2nc3c(OC4CCN(C(=O)c5nnc(C)o5)C4)ncnc3n2C)c1C. The number of hydrogen-bond donors (Lipinski definition) is 0. The average Bonchev–Trinajstić information content (AvgIpc) is 3.56. The summed E-state index contributed by atoms with van der Waals surface area (Å²) in [6.07, 6.45) is 3.71. The Hall–Kier alpha value is -3.83. The predicted octanol–water partition coefficient (Wildman–Crippen LogP) is 1.54. The molecule has 0 aliphatic carbocycles. The van der Waals surface area contributed by atoms with Gasteiger partial charge in [-0.2, -0.15) is 10.1 Å². The standard InChI is InChI=1S/C20H23N9O3/c1-5-29-11(2)14(8-23-29)16-24-15-17(27(16)4)21-10-22-18(15)32-13-6-7-28(9-13)20(30)19-26-25-12(3)31-19/h8,10,13H,5-7,9H2,1-4H3. The molecular formula is C20H23N9O3. The van der Waals surface area contributed by atoms with Crippen LogP contribution in [0.4, 0.5) is 0 Å². The van der Waals surface area contributed by atoms with Crippen molar-refractivity contribution in [3.8, 4) is 17.3 Å². The largest absolute Gasteiger partial charge is 0.471 e. The second-order valence-electron chi connectivity index (χ2n) is 7.71. The van der Waals surface area contributed by atoms with Crippen LogP contribution in [0.2, 0.25) is 0 Å². The summed E-state index contributed by atoms with van der Waals surface area (Å²) in [6.45, 7) is 7.42. The van der Waals surface area contributed by atoms with Crippen molar-refractivity contribution >= 4 is 17.1 Å². The Kier molecular flexibility index (Phi) is 4.83. The minimum Gasteiger partial charge on any atom is -0.471 e. The Morgan fingerprint density at radius 3 is 2.84 bits per heavy atom. The maximum atomic E-state index is 12.6. The highest BCUT2D eigenvalue weighted by Gasteiger charge is 2.32. The summed E-state index contributed by atoms with van der Waals surface area (Å²) in [7, 11) is 1.91. The minimum atomic E-state index is -0.298. The van der Waals surface area contributed by atoms with E-state index in [0.29, 0.717) is 42.4 Å². The van der Waals surface area contributed by atoms with Crippen molar-refractivity contribution in [3.05, 3.63) is 30.0 Å². The predicted molar refractivity (Wildman–Crippen MR) is 112 cm³/mol. The van der Waals surface area contributed by atoms with Crippen LogP contribution >= 0.6 is 0 Å². The molecule has 0 saturated carbocycles. The number of fused-ring (bicyclic) bond motifs is 1. The van der Waals surface area contributed by atoms with Gasteiger partial charge in [-0.1, -0.05) is 0 Å². The third-order valence-electron chi connectivity index (χ3n) is 5.69. The molecule has 0 spiro atoms. The van der Waals surface area contributed by atoms with Crippen molar-refractivity contribution in [2.45, 2.75) is 39.8 Å². The first-order valence-corrected chi connectivity index (χ1v) is 10.4. The Labute approximate surface area is 183 Å². The maximum absolute atomic E-state index is 12.6. The Bertz CT molecular complexity index is 1310. The van der Waals surface area contributed by atoms with Crippen LogP contribution in [0, 0.1) is 13.8 Å². The summed E-state index contributed by atoms with van der Waals surface area (Å²) >= 11 is 0. The van der Waals surface area contributed by atoms with Crippen molar-refractivity contribution in [3.63, 3.8) is 0 Å². The molecule has 32 heavy (non-hydrogen) atoms. The lowest BCUT2D eigenvalue weighted by molar-refractivity contribution is 0.0731. The number of amides is 1. The molecule has 0 radical (unpaired) electrons. The number of carbonyl (C=O) groups is 1. The number of rotatable bonds is 5. The third kappa shape index (κ3) is 3.27. The zero-order valence-electron chi connectivity index (χ0n) is 18.3. The average molecular weight is 437 g/mol. The Balaban J connectivity index is 1.39. The van der Waals surface area contributed by atoms with Gasteiger partial charge in [-0.15, -0.1) is 10.2 Å². The molecule has 4 aromatic heterocycles. The number of nitrogens with zero attached hydrogens (tertiary/aromatic N) is 9. The number of hydrogen-bond acceptors (Lipinski definition) is 9. The molecule has 1 saturated heterocycles. The van der Waals surface area contributed by atoms with Gasteiger partial charge in [0.1, 0.15) is 18.3 Å². The van der Waals surface area contributed by atoms with E-state index in [9.17, 15) is 4.79 Å². The molecule has 0 aromatic carbocycles. The van der Waals surface area contributed by atoms with E-state index in [1.165, 1.54) is 6.33 Å². The van der Waals surface area contributed by atoms with Crippen LogP contribution in [0.1, 0.15) is 35.6 Å². The van der Waals surface area contributed by atoms with E-state index < -0.39 is 0 Å². The van der Waals surface area contributed by atoms with Crippen LogP contribution in [-0.4, -0.2) is 69.5 Å². The summed E-state index contributed by atoms with van der Waals surface area (Å²) in [6, 6.07) is 0. The summed E-state index contributed by atoms with van der Waals surface area (Å²) in [4.78, 5) is 27.7. The van der Waals surface area contributed by atoms with E-state index in [0.717, 1.165) is 23.6 Å². The smallest absolute Gasteiger partial charge is 0.311 e. The van der Waals surface area contributed by atoms with Gasteiger partial charge in [-0.3, -0.25) is 9.48 Å². The molecule has 5 rings (SSSR count). The van der Waals surface area contributed by atoms with Crippen molar-refractivity contribution in [1.82, 2.24) is 44.4 Å². The van der Waals surface area contributed by atoms with E-state index in [-0.39, 0.29) is 17.9 Å². The lowest BCUT2D eigenvalue weighted by Crippen LogP contribution is -2.31. The first kappa shape index (κ1) is 20.1. The maximum Gasteiger partial charge on any atom is 0.311 e. The first-order valence-electron chi connectivity index (χ1n) is 10.4. The van der Waals surface area contributed by atoms with Gasteiger partial charge in [0.25, 0.3) is 0 Å². The molecule has 0 bridgehead atoms. The number of aromatic nitrogens is 8. The highest BCUT2D eigenvalue weighted by Crippen LogP contribution is 2.30. The molecule has 1 unspecified atom stereocenters. The number of aryl methyl sites for hydroxylation is 3. The highest BCUT2D eigenvalue weighted by atomic mass is 16.5. The van der Waals surface area contributed by atoms with E-state index >= 15 is 0 Å². The summed E-state index contributed by atoms with van der Waals surface area (Å²) < 4.78 is 15.3. The zero-order chi connectivity index (χ0) is 22.4. The van der Waals surface area contributed by atoms with E-state index in [1.54, 1.807) is 11.8 Å². The Morgan fingerprint density at radius 1 is 1.28 bits per heavy atom. The third-order valence-corrected chi connectivity index (χ3v) is 5.69. The van der Waals surface area contributed by atoms with Crippen LogP contribution in [0.5, 0.6) is 5.88 Å². The molecule has 1 aliphatic rings. The lowest BCUT2D eigenvalue weighted by atomic mass is 10.2. The monoisotopic (exact) mass is 437 g/mol. The zero-order valence-corrected chi connectivity index (χ0v) is 18.3. The van der Waals surface area contributed by atoms with Gasteiger partial charge in [-0.25, -0.2) is 9.97 Å². The van der Waals surface area contributed by atoms with Gasteiger partial charge in [-0.05, 0) is 13.8 Å². The molecule has 12 heteroatoms. The van der Waals surface area contributed by atoms with Crippen LogP contribution in [0.15, 0.2) is 16.9 Å². The van der Waals surface area contributed by atoms with E-state index in [1.807, 2.05) is 36.3 Å². The highest BCUT2D eigenvalue weighted by molar-refractivity contribution is 5.89. The normalized spacial score (nSPS) is 16.2. The lowest BCUT2D eigenvalue weighted by Gasteiger charge is -2.15. The number of carbonyl (C=O) groups excluding carboxylic acids is 1. The van der Waals surface area contributed by atoms with Gasteiger partial charge in [0.2, 0.25) is 11.8 Å². The number of likely N-dealkylation sites (tertiary alicyclic amines) is 1. The molecule has 0 N–H and O–H groups in total. The van der Waals surface area contributed by atoms with Gasteiger partial charge in [0.15, 0.2) is 11.2 Å². The van der Waals surface area contributed by atoms with Crippen molar-refractivity contribution in [2.75, 3.05) is 13.1 Å². The second kappa shape index (κ2) is 7.70. The first-order chi connectivity index (χ1) is 15.5. The second-order valence-corrected chi connectivity index (χ2v) is 7.71. The molecular weight excluding hydrogens is 414 g/mol. The fourth-order valence-electron chi connectivity index (χ4n) is 3.98. The molecule has 12 nitrogen and oxygen atoms in total. The molecule has 5 heterocycles. The van der Waals surface area contributed by atoms with E-state index in [2.05, 4.69) is 25.3 Å². The van der Waals surface area contributed by atoms with Crippen LogP contribution < -0.4 is 4.74 Å². The van der Waals surface area contributed by atoms with Gasteiger partial charge in [0.05, 0.1) is 18.3 Å². The molecule has 1 aliphatic heterocycles. The van der Waals surface area contributed by atoms with Crippen LogP contribution in [0.25, 0.3) is 22.6 Å². The molecule has 1 amide bonds. The number of imidazole rings is 1. The van der Waals surface area contributed by atoms with Crippen molar-refractivity contribution < 1.29 is 13.9 Å². The van der Waals surface area contributed by atoms with E-state index in [4.69, 9.17) is 14.1 Å². The molecule has 1 atom stereocenters. The fraction of sp³-hybridized carbons (Fsp3) is 0.450. The summed E-state index contributed by atoms with van der Waals surface area (Å²) in [5.74, 6) is 1.19. The fourth-order valence-corrected chi connectivity index (χ4v) is 3.98. The van der Waals surface area contributed by atoms with Gasteiger partial charge in [0, 0.05) is 39.2 Å². The van der Waals surface area contributed by atoms with Crippen LogP contribution in [-0.2, 0) is 13.6 Å². The molecule has 166 valence electrons. The topological polar surface area (TPSA) is 130 Å². The van der Waals surface area contributed by atoms with Gasteiger partial charge < -0.3 is 18.6 Å². The minimum absolute atomic E-state index is 0.00931. The van der Waals surface area contributed by atoms with Crippen molar-refractivity contribution in [2.24, 2.45) is 7.05 Å². The summed E-state index contributed by atoms with van der Waals surface area (Å²) in [5.41, 5.74) is 3.21. The number of ether oxygens (including phenoxy) is 1. The summed E-state index contributed by atoms with van der Waals surface area (Å²) in [5, 5.41) is 11.9. The van der Waals surface area contributed by atoms with Gasteiger partial charge >= 0.3 is 11.8 Å². The molecule has 4 aromatic rings. The quantitative estimate of drug-likeness (QED) is 0.456. The van der Waals surface area contributed by atoms with Crippen LogP contribution in [0.3, 0.4) is 0 Å². The van der Waals surface area contributed by atoms with Crippen molar-refractivity contribution in [1.29, 1.82) is 0 Å².